The molecule has 1 aromatic rings. The molecule has 1 N–H and O–H groups in total. The number of nitrogens with one attached hydrogen (secondary N) is 1. The zero-order valence-corrected chi connectivity index (χ0v) is 14.8. The number of methoxy groups -OCH3 is 2. The standard InChI is InChI=1S/C18H25N3O4/c1-24-15-6-5-13(16(11-15)25-2)10-17(22)20-8-3-4-14(12-20)21-9-7-19-18(21)23/h5-6,11,14H,3-4,7-10,12H2,1-2H3,(H,19,23)/t14-/m0/s1. The third kappa shape index (κ3) is 3.81. The summed E-state index contributed by atoms with van der Waals surface area (Å²) in [5, 5.41) is 2.83. The Morgan fingerprint density at radius 3 is 2.80 bits per heavy atom. The van der Waals surface area contributed by atoms with Crippen LogP contribution in [-0.2, 0) is 11.2 Å². The van der Waals surface area contributed by atoms with Gasteiger partial charge < -0.3 is 24.6 Å². The molecule has 2 heterocycles. The number of urea groups is 1. The first-order valence-corrected chi connectivity index (χ1v) is 8.65. The van der Waals surface area contributed by atoms with Crippen molar-refractivity contribution in [3.8, 4) is 11.5 Å². The smallest absolute Gasteiger partial charge is 0.317 e. The van der Waals surface area contributed by atoms with Crippen molar-refractivity contribution >= 4 is 11.9 Å². The van der Waals surface area contributed by atoms with E-state index < -0.39 is 0 Å². The van der Waals surface area contributed by atoms with E-state index in [2.05, 4.69) is 5.32 Å². The number of benzene rings is 1. The van der Waals surface area contributed by atoms with E-state index >= 15 is 0 Å². The number of nitrogens with zero attached hydrogens (tertiary/aromatic N) is 2. The van der Waals surface area contributed by atoms with Gasteiger partial charge in [0.05, 0.1) is 26.7 Å². The van der Waals surface area contributed by atoms with Gasteiger partial charge in [-0.25, -0.2) is 4.79 Å². The molecule has 7 nitrogen and oxygen atoms in total. The second-order valence-electron chi connectivity index (χ2n) is 6.42. The van der Waals surface area contributed by atoms with Crippen LogP contribution >= 0.6 is 0 Å². The molecule has 136 valence electrons. The summed E-state index contributed by atoms with van der Waals surface area (Å²) in [6.45, 7) is 2.75. The Morgan fingerprint density at radius 1 is 1.28 bits per heavy atom. The van der Waals surface area contributed by atoms with Crippen LogP contribution in [0.2, 0.25) is 0 Å². The van der Waals surface area contributed by atoms with Crippen molar-refractivity contribution in [2.45, 2.75) is 25.3 Å². The predicted octanol–water partition coefficient (Wildman–Crippen LogP) is 1.26. The topological polar surface area (TPSA) is 71.1 Å². The monoisotopic (exact) mass is 347 g/mol. The van der Waals surface area contributed by atoms with Crippen LogP contribution in [-0.4, -0.2) is 68.2 Å². The highest BCUT2D eigenvalue weighted by Gasteiger charge is 2.32. The maximum atomic E-state index is 12.8. The van der Waals surface area contributed by atoms with Gasteiger partial charge >= 0.3 is 6.03 Å². The fraction of sp³-hybridized carbons (Fsp3) is 0.556. The summed E-state index contributed by atoms with van der Waals surface area (Å²) in [4.78, 5) is 28.3. The first-order valence-electron chi connectivity index (χ1n) is 8.65. The van der Waals surface area contributed by atoms with Crippen LogP contribution in [0.3, 0.4) is 0 Å². The fourth-order valence-corrected chi connectivity index (χ4v) is 3.54. The van der Waals surface area contributed by atoms with Gasteiger partial charge in [-0.3, -0.25) is 4.79 Å². The molecule has 0 aliphatic carbocycles. The number of ether oxygens (including phenoxy) is 2. The van der Waals surface area contributed by atoms with Crippen LogP contribution in [0, 0.1) is 0 Å². The summed E-state index contributed by atoms with van der Waals surface area (Å²) < 4.78 is 10.6. The Balaban J connectivity index is 1.65. The molecule has 2 fully saturated rings. The number of carbonyl (C=O) groups is 2. The second-order valence-corrected chi connectivity index (χ2v) is 6.42. The van der Waals surface area contributed by atoms with Gasteiger partial charge in [-0.15, -0.1) is 0 Å². The lowest BCUT2D eigenvalue weighted by molar-refractivity contribution is -0.132. The highest BCUT2D eigenvalue weighted by Crippen LogP contribution is 2.26. The van der Waals surface area contributed by atoms with Gasteiger partial charge in [-0.05, 0) is 18.9 Å². The first kappa shape index (κ1) is 17.4. The Morgan fingerprint density at radius 2 is 2.12 bits per heavy atom. The lowest BCUT2D eigenvalue weighted by Gasteiger charge is -2.37. The molecule has 2 saturated heterocycles. The number of likely N-dealkylation sites (tertiary alicyclic amines) is 1. The highest BCUT2D eigenvalue weighted by molar-refractivity contribution is 5.80. The third-order valence-electron chi connectivity index (χ3n) is 4.92. The molecule has 2 aliphatic rings. The second kappa shape index (κ2) is 7.63. The summed E-state index contributed by atoms with van der Waals surface area (Å²) in [6.07, 6.45) is 2.15. The van der Waals surface area contributed by atoms with E-state index in [1.807, 2.05) is 21.9 Å². The van der Waals surface area contributed by atoms with Gasteiger partial charge in [0.15, 0.2) is 0 Å². The number of amides is 3. The number of carbonyl (C=O) groups excluding carboxylic acids is 2. The van der Waals surface area contributed by atoms with Crippen LogP contribution in [0.1, 0.15) is 18.4 Å². The molecule has 2 aliphatic heterocycles. The molecule has 25 heavy (non-hydrogen) atoms. The minimum Gasteiger partial charge on any atom is -0.497 e. The highest BCUT2D eigenvalue weighted by atomic mass is 16.5. The van der Waals surface area contributed by atoms with Gasteiger partial charge in [-0.1, -0.05) is 6.07 Å². The van der Waals surface area contributed by atoms with Crippen molar-refractivity contribution in [2.75, 3.05) is 40.4 Å². The zero-order valence-electron chi connectivity index (χ0n) is 14.8. The molecule has 7 heteroatoms. The number of hydrogen-bond acceptors (Lipinski definition) is 4. The Kier molecular flexibility index (Phi) is 5.31. The van der Waals surface area contributed by atoms with Gasteiger partial charge in [0.25, 0.3) is 0 Å². The summed E-state index contributed by atoms with van der Waals surface area (Å²) in [5.74, 6) is 1.42. The van der Waals surface area contributed by atoms with E-state index in [1.165, 1.54) is 0 Å². The van der Waals surface area contributed by atoms with Crippen molar-refractivity contribution < 1.29 is 19.1 Å². The van der Waals surface area contributed by atoms with E-state index in [0.29, 0.717) is 24.6 Å². The van der Waals surface area contributed by atoms with Crippen molar-refractivity contribution in [3.63, 3.8) is 0 Å². The lowest BCUT2D eigenvalue weighted by Crippen LogP contribution is -2.51. The van der Waals surface area contributed by atoms with Crippen LogP contribution in [0.25, 0.3) is 0 Å². The largest absolute Gasteiger partial charge is 0.497 e. The average molecular weight is 347 g/mol. The van der Waals surface area contributed by atoms with Crippen molar-refractivity contribution in [3.05, 3.63) is 23.8 Å². The first-order chi connectivity index (χ1) is 12.1. The van der Waals surface area contributed by atoms with Crippen molar-refractivity contribution in [2.24, 2.45) is 0 Å². The van der Waals surface area contributed by atoms with Gasteiger partial charge in [0, 0.05) is 37.8 Å². The molecule has 0 spiro atoms. The molecule has 0 radical (unpaired) electrons. The maximum absolute atomic E-state index is 12.8. The summed E-state index contributed by atoms with van der Waals surface area (Å²) in [5.41, 5.74) is 0.842. The minimum absolute atomic E-state index is 0.0175. The molecule has 3 amide bonds. The summed E-state index contributed by atoms with van der Waals surface area (Å²) in [7, 11) is 3.19. The molecule has 0 unspecified atom stereocenters. The summed E-state index contributed by atoms with van der Waals surface area (Å²) in [6, 6.07) is 5.58. The van der Waals surface area contributed by atoms with Gasteiger partial charge in [0.2, 0.25) is 5.91 Å². The molecule has 0 bridgehead atoms. The van der Waals surface area contributed by atoms with Crippen molar-refractivity contribution in [1.29, 1.82) is 0 Å². The van der Waals surface area contributed by atoms with Crippen LogP contribution in [0.5, 0.6) is 11.5 Å². The third-order valence-corrected chi connectivity index (χ3v) is 4.92. The molecule has 1 atom stereocenters. The lowest BCUT2D eigenvalue weighted by atomic mass is 10.0. The normalized spacial score (nSPS) is 20.4. The molecule has 3 rings (SSSR count). The fourth-order valence-electron chi connectivity index (χ4n) is 3.54. The van der Waals surface area contributed by atoms with E-state index in [9.17, 15) is 9.59 Å². The molecule has 0 saturated carbocycles. The SMILES string of the molecule is COc1ccc(CC(=O)N2CCC[C@H](N3CCNC3=O)C2)c(OC)c1. The van der Waals surface area contributed by atoms with E-state index in [4.69, 9.17) is 9.47 Å². The Bertz CT molecular complexity index is 649. The number of piperidine rings is 1. The average Bonchev–Trinajstić information content (AvgIpc) is 3.08. The van der Waals surface area contributed by atoms with Crippen LogP contribution < -0.4 is 14.8 Å². The molecular formula is C18H25N3O4. The number of rotatable bonds is 5. The van der Waals surface area contributed by atoms with Crippen molar-refractivity contribution in [1.82, 2.24) is 15.1 Å². The van der Waals surface area contributed by atoms with E-state index in [1.54, 1.807) is 20.3 Å². The van der Waals surface area contributed by atoms with E-state index in [-0.39, 0.29) is 24.4 Å². The Labute approximate surface area is 147 Å². The summed E-state index contributed by atoms with van der Waals surface area (Å²) >= 11 is 0. The minimum atomic E-state index is -0.0175. The zero-order chi connectivity index (χ0) is 17.8. The van der Waals surface area contributed by atoms with Crippen LogP contribution in [0.15, 0.2) is 18.2 Å². The molecule has 1 aromatic carbocycles. The number of hydrogen-bond donors (Lipinski definition) is 1. The van der Waals surface area contributed by atoms with Gasteiger partial charge in [0.1, 0.15) is 11.5 Å². The molecular weight excluding hydrogens is 322 g/mol. The quantitative estimate of drug-likeness (QED) is 0.871. The predicted molar refractivity (Wildman–Crippen MR) is 93.0 cm³/mol. The maximum Gasteiger partial charge on any atom is 0.317 e. The van der Waals surface area contributed by atoms with Gasteiger partial charge in [-0.2, -0.15) is 0 Å². The van der Waals surface area contributed by atoms with E-state index in [0.717, 1.165) is 31.5 Å². The van der Waals surface area contributed by atoms with Crippen LogP contribution in [0.4, 0.5) is 4.79 Å². The Hall–Kier alpha value is -2.44. The molecule has 0 aromatic heterocycles.